The van der Waals surface area contributed by atoms with Crippen LogP contribution >= 0.6 is 0 Å². The van der Waals surface area contributed by atoms with E-state index in [1.807, 2.05) is 38.1 Å². The van der Waals surface area contributed by atoms with Gasteiger partial charge < -0.3 is 15.3 Å². The highest BCUT2D eigenvalue weighted by Crippen LogP contribution is 2.22. The molecule has 1 aromatic carbocycles. The van der Waals surface area contributed by atoms with Gasteiger partial charge in [-0.05, 0) is 62.3 Å². The van der Waals surface area contributed by atoms with Crippen LogP contribution in [0.5, 0.6) is 0 Å². The van der Waals surface area contributed by atoms with Crippen LogP contribution in [0.25, 0.3) is 0 Å². The SMILES string of the molecule is C/C=C\C(=C/C)C[C@H](NC(=O)CC1CCN(C(=O)CCc2cccc(F)c2)CC1)C(=O)O. The van der Waals surface area contributed by atoms with Crippen molar-refractivity contribution >= 4 is 17.8 Å². The smallest absolute Gasteiger partial charge is 0.326 e. The monoisotopic (exact) mass is 444 g/mol. The molecule has 1 atom stereocenters. The second kappa shape index (κ2) is 12.8. The molecule has 174 valence electrons. The highest BCUT2D eigenvalue weighted by molar-refractivity contribution is 5.84. The average Bonchev–Trinajstić information content (AvgIpc) is 2.77. The first kappa shape index (κ1) is 25.3. The van der Waals surface area contributed by atoms with Crippen molar-refractivity contribution < 1.29 is 23.9 Å². The highest BCUT2D eigenvalue weighted by atomic mass is 19.1. The molecule has 0 bridgehead atoms. The summed E-state index contributed by atoms with van der Waals surface area (Å²) in [7, 11) is 0. The van der Waals surface area contributed by atoms with Gasteiger partial charge in [-0.25, -0.2) is 9.18 Å². The van der Waals surface area contributed by atoms with E-state index in [9.17, 15) is 23.9 Å². The van der Waals surface area contributed by atoms with Crippen LogP contribution in [0.1, 0.15) is 51.5 Å². The lowest BCUT2D eigenvalue weighted by Gasteiger charge is -2.32. The average molecular weight is 445 g/mol. The maximum Gasteiger partial charge on any atom is 0.326 e. The first-order valence-electron chi connectivity index (χ1n) is 11.1. The van der Waals surface area contributed by atoms with Crippen molar-refractivity contribution in [2.45, 2.75) is 58.4 Å². The molecule has 2 N–H and O–H groups in total. The van der Waals surface area contributed by atoms with Gasteiger partial charge in [-0.1, -0.05) is 30.4 Å². The molecule has 6 nitrogen and oxygen atoms in total. The van der Waals surface area contributed by atoms with E-state index >= 15 is 0 Å². The van der Waals surface area contributed by atoms with E-state index in [1.165, 1.54) is 12.1 Å². The van der Waals surface area contributed by atoms with Crippen molar-refractivity contribution in [3.8, 4) is 0 Å². The fourth-order valence-corrected chi connectivity index (χ4v) is 3.94. The van der Waals surface area contributed by atoms with Gasteiger partial charge in [0.05, 0.1) is 0 Å². The second-order valence-corrected chi connectivity index (χ2v) is 8.18. The minimum atomic E-state index is -1.05. The molecule has 0 unspecified atom stereocenters. The number of hydrogen-bond acceptors (Lipinski definition) is 3. The molecule has 1 aliphatic heterocycles. The van der Waals surface area contributed by atoms with Crippen LogP contribution in [0, 0.1) is 11.7 Å². The maximum absolute atomic E-state index is 13.3. The van der Waals surface area contributed by atoms with E-state index in [-0.39, 0.29) is 36.4 Å². The van der Waals surface area contributed by atoms with Crippen molar-refractivity contribution in [1.82, 2.24) is 10.2 Å². The van der Waals surface area contributed by atoms with Gasteiger partial charge >= 0.3 is 5.97 Å². The van der Waals surface area contributed by atoms with Crippen molar-refractivity contribution in [2.75, 3.05) is 13.1 Å². The molecule has 2 rings (SSSR count). The standard InChI is InChI=1S/C25H33FN2O4/c1-3-6-18(4-2)16-22(25(31)32)27-23(29)17-20-11-13-28(14-12-20)24(30)10-9-19-7-5-8-21(26)15-19/h3-8,15,20,22H,9-14,16-17H2,1-2H3,(H,27,29)(H,31,32)/b6-3-,18-4+/t22-/m0/s1. The maximum atomic E-state index is 13.3. The van der Waals surface area contributed by atoms with Crippen LogP contribution in [-0.2, 0) is 20.8 Å². The van der Waals surface area contributed by atoms with Gasteiger partial charge in [0.2, 0.25) is 11.8 Å². The van der Waals surface area contributed by atoms with Crippen molar-refractivity contribution in [3.63, 3.8) is 0 Å². The number of carbonyl (C=O) groups excluding carboxylic acids is 2. The summed E-state index contributed by atoms with van der Waals surface area (Å²) in [5.74, 6) is -1.48. The minimum Gasteiger partial charge on any atom is -0.480 e. The summed E-state index contributed by atoms with van der Waals surface area (Å²) >= 11 is 0. The fraction of sp³-hybridized carbons (Fsp3) is 0.480. The number of likely N-dealkylation sites (tertiary alicyclic amines) is 1. The van der Waals surface area contributed by atoms with Gasteiger partial charge in [-0.3, -0.25) is 9.59 Å². The molecule has 0 aliphatic carbocycles. The molecule has 0 radical (unpaired) electrons. The predicted molar refractivity (Wildman–Crippen MR) is 121 cm³/mol. The van der Waals surface area contributed by atoms with Crippen LogP contribution in [0.2, 0.25) is 0 Å². The molecule has 1 aromatic rings. The number of carboxylic acids is 1. The summed E-state index contributed by atoms with van der Waals surface area (Å²) < 4.78 is 13.3. The number of halogens is 1. The molecular weight excluding hydrogens is 411 g/mol. The third kappa shape index (κ3) is 8.29. The Morgan fingerprint density at radius 2 is 1.97 bits per heavy atom. The number of piperidine rings is 1. The van der Waals surface area contributed by atoms with Crippen LogP contribution in [0.3, 0.4) is 0 Å². The zero-order chi connectivity index (χ0) is 23.5. The number of hydrogen-bond donors (Lipinski definition) is 2. The molecule has 2 amide bonds. The molecule has 0 aromatic heterocycles. The van der Waals surface area contributed by atoms with Crippen molar-refractivity contribution in [1.29, 1.82) is 0 Å². The van der Waals surface area contributed by atoms with Gasteiger partial charge in [-0.2, -0.15) is 0 Å². The fourth-order valence-electron chi connectivity index (χ4n) is 3.94. The van der Waals surface area contributed by atoms with Crippen LogP contribution in [-0.4, -0.2) is 46.9 Å². The van der Waals surface area contributed by atoms with Gasteiger partial charge in [0.15, 0.2) is 0 Å². The zero-order valence-electron chi connectivity index (χ0n) is 18.9. The van der Waals surface area contributed by atoms with Crippen molar-refractivity contribution in [3.05, 3.63) is 59.4 Å². The lowest BCUT2D eigenvalue weighted by Crippen LogP contribution is -2.43. The third-order valence-corrected chi connectivity index (χ3v) is 5.78. The van der Waals surface area contributed by atoms with Crippen LogP contribution in [0.15, 0.2) is 48.1 Å². The summed E-state index contributed by atoms with van der Waals surface area (Å²) in [6.07, 6.45) is 8.23. The topological polar surface area (TPSA) is 86.7 Å². The summed E-state index contributed by atoms with van der Waals surface area (Å²) in [6.45, 7) is 4.85. The molecule has 1 saturated heterocycles. The molecule has 1 aliphatic rings. The summed E-state index contributed by atoms with van der Waals surface area (Å²) in [5.41, 5.74) is 1.65. The quantitative estimate of drug-likeness (QED) is 0.537. The number of carbonyl (C=O) groups is 3. The lowest BCUT2D eigenvalue weighted by atomic mass is 9.92. The number of aryl methyl sites for hydroxylation is 1. The molecule has 0 spiro atoms. The Balaban J connectivity index is 1.77. The summed E-state index contributed by atoms with van der Waals surface area (Å²) in [6, 6.07) is 5.31. The van der Waals surface area contributed by atoms with Gasteiger partial charge in [0.1, 0.15) is 11.9 Å². The summed E-state index contributed by atoms with van der Waals surface area (Å²) in [4.78, 5) is 38.2. The number of nitrogens with zero attached hydrogens (tertiary/aromatic N) is 1. The number of amides is 2. The molecule has 7 heteroatoms. The van der Waals surface area contributed by atoms with Crippen LogP contribution < -0.4 is 5.32 Å². The Morgan fingerprint density at radius 1 is 1.25 bits per heavy atom. The van der Waals surface area contributed by atoms with E-state index in [4.69, 9.17) is 0 Å². The van der Waals surface area contributed by atoms with E-state index in [1.54, 1.807) is 11.0 Å². The predicted octanol–water partition coefficient (Wildman–Crippen LogP) is 3.87. The van der Waals surface area contributed by atoms with E-state index < -0.39 is 12.0 Å². The number of nitrogens with one attached hydrogen (secondary N) is 1. The van der Waals surface area contributed by atoms with E-state index in [0.717, 1.165) is 11.1 Å². The van der Waals surface area contributed by atoms with Crippen LogP contribution in [0.4, 0.5) is 4.39 Å². The van der Waals surface area contributed by atoms with E-state index in [2.05, 4.69) is 5.32 Å². The third-order valence-electron chi connectivity index (χ3n) is 5.78. The lowest BCUT2D eigenvalue weighted by molar-refractivity contribution is -0.142. The van der Waals surface area contributed by atoms with Gasteiger partial charge in [0.25, 0.3) is 0 Å². The number of rotatable bonds is 10. The van der Waals surface area contributed by atoms with Gasteiger partial charge in [0, 0.05) is 32.4 Å². The Labute approximate surface area is 189 Å². The zero-order valence-corrected chi connectivity index (χ0v) is 18.9. The first-order chi connectivity index (χ1) is 15.3. The normalized spacial score (nSPS) is 16.2. The molecule has 1 fully saturated rings. The Morgan fingerprint density at radius 3 is 2.56 bits per heavy atom. The largest absolute Gasteiger partial charge is 0.480 e. The van der Waals surface area contributed by atoms with E-state index in [0.29, 0.717) is 38.8 Å². The Hall–Kier alpha value is -2.96. The Kier molecular flexibility index (Phi) is 10.1. The number of allylic oxidation sites excluding steroid dienone is 3. The minimum absolute atomic E-state index is 0.0333. The molecular formula is C25H33FN2O4. The number of benzene rings is 1. The van der Waals surface area contributed by atoms with Crippen molar-refractivity contribution in [2.24, 2.45) is 5.92 Å². The summed E-state index contributed by atoms with van der Waals surface area (Å²) in [5, 5.41) is 12.1. The number of aliphatic carboxylic acids is 1. The Bertz CT molecular complexity index is 857. The van der Waals surface area contributed by atoms with Gasteiger partial charge in [-0.15, -0.1) is 0 Å². The molecule has 32 heavy (non-hydrogen) atoms. The highest BCUT2D eigenvalue weighted by Gasteiger charge is 2.26. The molecule has 0 saturated carbocycles. The number of carboxylic acid groups (broad SMARTS) is 1. The second-order valence-electron chi connectivity index (χ2n) is 8.18. The molecule has 1 heterocycles. The first-order valence-corrected chi connectivity index (χ1v) is 11.1.